The van der Waals surface area contributed by atoms with Crippen molar-refractivity contribution in [2.75, 3.05) is 0 Å². The van der Waals surface area contributed by atoms with Crippen molar-refractivity contribution in [1.82, 2.24) is 4.73 Å². The summed E-state index contributed by atoms with van der Waals surface area (Å²) in [6.45, 7) is 3.86. The smallest absolute Gasteiger partial charge is 0.165 e. The fraction of sp³-hybridized carbons (Fsp3) is 0.375. The van der Waals surface area contributed by atoms with E-state index in [2.05, 4.69) is 4.99 Å². The van der Waals surface area contributed by atoms with Gasteiger partial charge >= 0.3 is 0 Å². The van der Waals surface area contributed by atoms with E-state index in [4.69, 9.17) is 11.6 Å². The van der Waals surface area contributed by atoms with Gasteiger partial charge in [-0.25, -0.2) is 0 Å². The molecule has 0 unspecified atom stereocenters. The molecular weight excluding hydrogens is 176 g/mol. The van der Waals surface area contributed by atoms with E-state index < -0.39 is 0 Å². The molecule has 0 bridgehead atoms. The van der Waals surface area contributed by atoms with E-state index in [9.17, 15) is 5.21 Å². The van der Waals surface area contributed by atoms with Crippen LogP contribution in [0.4, 0.5) is 0 Å². The van der Waals surface area contributed by atoms with E-state index in [-0.39, 0.29) is 6.04 Å². The van der Waals surface area contributed by atoms with Gasteiger partial charge in [-0.1, -0.05) is 11.6 Å². The van der Waals surface area contributed by atoms with Crippen LogP contribution in [0.1, 0.15) is 13.8 Å². The maximum Gasteiger partial charge on any atom is 0.165 e. The third-order valence-electron chi connectivity index (χ3n) is 1.27. The molecule has 0 aliphatic rings. The molecule has 0 spiro atoms. The summed E-state index contributed by atoms with van der Waals surface area (Å²) in [5.74, 6) is 0. The molecule has 1 aromatic heterocycles. The van der Waals surface area contributed by atoms with Gasteiger partial charge in [0.15, 0.2) is 5.49 Å². The largest absolute Gasteiger partial charge is 0.427 e. The van der Waals surface area contributed by atoms with E-state index in [1.165, 1.54) is 6.20 Å². The lowest BCUT2D eigenvalue weighted by Crippen LogP contribution is -2.19. The minimum atomic E-state index is 0.141. The lowest BCUT2D eigenvalue weighted by Gasteiger charge is -2.00. The summed E-state index contributed by atoms with van der Waals surface area (Å²) in [6.07, 6.45) is 1.46. The third-order valence-corrected chi connectivity index (χ3v) is 1.50. The zero-order chi connectivity index (χ0) is 9.14. The van der Waals surface area contributed by atoms with Crippen molar-refractivity contribution >= 4 is 11.6 Å². The first-order valence-corrected chi connectivity index (χ1v) is 4.08. The summed E-state index contributed by atoms with van der Waals surface area (Å²) in [4.78, 5) is 4.15. The molecule has 66 valence electrons. The highest BCUT2D eigenvalue weighted by Gasteiger charge is 1.93. The quantitative estimate of drug-likeness (QED) is 0.666. The molecule has 0 saturated heterocycles. The Bertz CT molecular complexity index is 330. The second kappa shape index (κ2) is 3.63. The molecule has 12 heavy (non-hydrogen) atoms. The van der Waals surface area contributed by atoms with Gasteiger partial charge < -0.3 is 5.21 Å². The Morgan fingerprint density at radius 1 is 1.58 bits per heavy atom. The first-order valence-electron chi connectivity index (χ1n) is 3.71. The average molecular weight is 187 g/mol. The van der Waals surface area contributed by atoms with Crippen molar-refractivity contribution in [2.24, 2.45) is 4.99 Å². The van der Waals surface area contributed by atoms with Gasteiger partial charge in [-0.3, -0.25) is 4.99 Å². The van der Waals surface area contributed by atoms with Crippen LogP contribution in [0, 0.1) is 0 Å². The van der Waals surface area contributed by atoms with Gasteiger partial charge in [0.05, 0.1) is 0 Å². The fourth-order valence-electron chi connectivity index (χ4n) is 0.817. The molecule has 0 fully saturated rings. The van der Waals surface area contributed by atoms with Crippen LogP contribution < -0.4 is 5.49 Å². The first-order chi connectivity index (χ1) is 5.59. The highest BCUT2D eigenvalue weighted by molar-refractivity contribution is 6.30. The van der Waals surface area contributed by atoms with Crippen molar-refractivity contribution in [3.63, 3.8) is 0 Å². The van der Waals surface area contributed by atoms with E-state index in [1.807, 2.05) is 13.8 Å². The minimum absolute atomic E-state index is 0.141. The van der Waals surface area contributed by atoms with Crippen molar-refractivity contribution in [3.05, 3.63) is 28.8 Å². The summed E-state index contributed by atoms with van der Waals surface area (Å²) in [5.41, 5.74) is 0.470. The number of hydrogen-bond donors (Lipinski definition) is 1. The van der Waals surface area contributed by atoms with Gasteiger partial charge in [0.1, 0.15) is 0 Å². The number of hydrogen-bond acceptors (Lipinski definition) is 2. The first kappa shape index (κ1) is 9.13. The van der Waals surface area contributed by atoms with Crippen LogP contribution in [0.3, 0.4) is 0 Å². The molecule has 0 amide bonds. The Balaban J connectivity index is 3.22. The lowest BCUT2D eigenvalue weighted by molar-refractivity contribution is 0.171. The maximum absolute atomic E-state index is 9.25. The average Bonchev–Trinajstić information content (AvgIpc) is 1.96. The second-order valence-electron chi connectivity index (χ2n) is 2.77. The molecule has 0 aliphatic heterocycles. The van der Waals surface area contributed by atoms with E-state index in [1.54, 1.807) is 12.1 Å². The summed E-state index contributed by atoms with van der Waals surface area (Å²) >= 11 is 5.72. The molecule has 1 N–H and O–H groups in total. The Hall–Kier alpha value is -0.960. The van der Waals surface area contributed by atoms with Gasteiger partial charge in [0.25, 0.3) is 0 Å². The van der Waals surface area contributed by atoms with Gasteiger partial charge in [0.2, 0.25) is 0 Å². The summed E-state index contributed by atoms with van der Waals surface area (Å²) in [6, 6.07) is 3.35. The van der Waals surface area contributed by atoms with Crippen molar-refractivity contribution < 1.29 is 5.21 Å². The number of halogens is 1. The Kier molecular flexibility index (Phi) is 2.76. The molecule has 0 aromatic carbocycles. The summed E-state index contributed by atoms with van der Waals surface area (Å²) in [5, 5.41) is 9.82. The Morgan fingerprint density at radius 3 is 2.83 bits per heavy atom. The van der Waals surface area contributed by atoms with Crippen LogP contribution in [-0.2, 0) is 0 Å². The van der Waals surface area contributed by atoms with Crippen molar-refractivity contribution in [3.8, 4) is 0 Å². The van der Waals surface area contributed by atoms with Crippen LogP contribution in [0.25, 0.3) is 0 Å². The predicted molar refractivity (Wildman–Crippen MR) is 47.3 cm³/mol. The van der Waals surface area contributed by atoms with Crippen LogP contribution in [-0.4, -0.2) is 16.0 Å². The maximum atomic E-state index is 9.25. The van der Waals surface area contributed by atoms with E-state index in [0.717, 1.165) is 4.73 Å². The van der Waals surface area contributed by atoms with Gasteiger partial charge in [-0.05, 0) is 19.9 Å². The SMILES string of the molecule is CC(C)N=c1cc(Cl)ccn1O. The van der Waals surface area contributed by atoms with Gasteiger partial charge in [0, 0.05) is 23.3 Å². The predicted octanol–water partition coefficient (Wildman–Crippen LogP) is 1.69. The molecule has 1 aromatic rings. The molecule has 3 nitrogen and oxygen atoms in total. The number of nitrogens with zero attached hydrogens (tertiary/aromatic N) is 2. The second-order valence-corrected chi connectivity index (χ2v) is 3.21. The van der Waals surface area contributed by atoms with Crippen LogP contribution >= 0.6 is 11.6 Å². The van der Waals surface area contributed by atoms with E-state index >= 15 is 0 Å². The number of aromatic nitrogens is 1. The van der Waals surface area contributed by atoms with Crippen LogP contribution in [0.15, 0.2) is 23.3 Å². The van der Waals surface area contributed by atoms with Gasteiger partial charge in [-0.2, -0.15) is 4.73 Å². The molecule has 0 aliphatic carbocycles. The molecule has 0 atom stereocenters. The molecular formula is C8H11ClN2O. The normalized spacial score (nSPS) is 12.5. The fourth-order valence-corrected chi connectivity index (χ4v) is 0.971. The van der Waals surface area contributed by atoms with Crippen LogP contribution in [0.5, 0.6) is 0 Å². The summed E-state index contributed by atoms with van der Waals surface area (Å²) in [7, 11) is 0. The molecule has 1 heterocycles. The van der Waals surface area contributed by atoms with Crippen molar-refractivity contribution in [1.29, 1.82) is 0 Å². The Morgan fingerprint density at radius 2 is 2.25 bits per heavy atom. The highest BCUT2D eigenvalue weighted by Crippen LogP contribution is 2.01. The van der Waals surface area contributed by atoms with Crippen LogP contribution in [0.2, 0.25) is 5.02 Å². The number of rotatable bonds is 1. The number of pyridine rings is 1. The standard InChI is InChI=1S/C8H11ClN2O/c1-6(2)10-8-5-7(9)3-4-11(8)12/h3-6,12H,1-2H3. The van der Waals surface area contributed by atoms with Gasteiger partial charge in [-0.15, -0.1) is 0 Å². The lowest BCUT2D eigenvalue weighted by atomic mass is 10.4. The monoisotopic (exact) mass is 186 g/mol. The van der Waals surface area contributed by atoms with E-state index in [0.29, 0.717) is 10.5 Å². The minimum Gasteiger partial charge on any atom is -0.427 e. The molecule has 1 rings (SSSR count). The molecule has 0 saturated carbocycles. The zero-order valence-electron chi connectivity index (χ0n) is 7.03. The zero-order valence-corrected chi connectivity index (χ0v) is 7.78. The third kappa shape index (κ3) is 2.27. The molecule has 4 heteroatoms. The highest BCUT2D eigenvalue weighted by atomic mass is 35.5. The summed E-state index contributed by atoms with van der Waals surface area (Å²) < 4.78 is 0.950. The Labute approximate surface area is 75.9 Å². The topological polar surface area (TPSA) is 37.5 Å². The van der Waals surface area contributed by atoms with Crippen molar-refractivity contribution in [2.45, 2.75) is 19.9 Å². The molecule has 0 radical (unpaired) electrons.